The van der Waals surface area contributed by atoms with Crippen LogP contribution in [0.3, 0.4) is 0 Å². The summed E-state index contributed by atoms with van der Waals surface area (Å²) in [5, 5.41) is 9.45. The van der Waals surface area contributed by atoms with Gasteiger partial charge in [0.25, 0.3) is 0 Å². The molecule has 2 fully saturated rings. The molecule has 2 unspecified atom stereocenters. The van der Waals surface area contributed by atoms with Gasteiger partial charge in [0, 0.05) is 42.6 Å². The van der Waals surface area contributed by atoms with Crippen LogP contribution in [-0.2, 0) is 19.9 Å². The fraction of sp³-hybridized carbons (Fsp3) is 0.367. The molecule has 2 aliphatic carbocycles. The number of halogens is 1. The third-order valence-electron chi connectivity index (χ3n) is 8.41. The number of benzene rings is 2. The number of carboxylic acids is 1. The predicted molar refractivity (Wildman–Crippen MR) is 145 cm³/mol. The molecule has 1 aromatic heterocycles. The van der Waals surface area contributed by atoms with Crippen molar-refractivity contribution >= 4 is 28.0 Å². The Morgan fingerprint density at radius 3 is 2.21 bits per heavy atom. The van der Waals surface area contributed by atoms with E-state index in [0.717, 1.165) is 24.8 Å². The highest BCUT2D eigenvalue weighted by atomic mass is 79.9. The summed E-state index contributed by atoms with van der Waals surface area (Å²) >= 11 is 3.57. The zero-order valence-electron chi connectivity index (χ0n) is 20.9. The van der Waals surface area contributed by atoms with Crippen molar-refractivity contribution in [1.82, 2.24) is 9.88 Å². The number of carboxylic acid groups (broad SMARTS) is 1. The van der Waals surface area contributed by atoms with Gasteiger partial charge in [-0.15, -0.1) is 0 Å². The summed E-state index contributed by atoms with van der Waals surface area (Å²) in [6.07, 6.45) is 4.01. The number of aromatic nitrogens is 1. The summed E-state index contributed by atoms with van der Waals surface area (Å²) in [6.45, 7) is 0.745. The van der Waals surface area contributed by atoms with Crippen LogP contribution in [0.2, 0.25) is 0 Å². The van der Waals surface area contributed by atoms with E-state index >= 15 is 0 Å². The molecule has 0 radical (unpaired) electrons. The minimum absolute atomic E-state index is 0.0000191. The molecule has 38 heavy (non-hydrogen) atoms. The average Bonchev–Trinajstić information content (AvgIpc) is 3.24. The van der Waals surface area contributed by atoms with Gasteiger partial charge in [-0.05, 0) is 57.1 Å². The van der Waals surface area contributed by atoms with E-state index in [1.54, 1.807) is 11.1 Å². The number of fused-ring (bicyclic) bond motifs is 5. The fourth-order valence-electron chi connectivity index (χ4n) is 6.88. The van der Waals surface area contributed by atoms with Gasteiger partial charge in [0.05, 0.1) is 0 Å². The number of pyridine rings is 1. The van der Waals surface area contributed by atoms with Crippen molar-refractivity contribution in [3.63, 3.8) is 0 Å². The van der Waals surface area contributed by atoms with E-state index in [-0.39, 0.29) is 30.5 Å². The highest BCUT2D eigenvalue weighted by Crippen LogP contribution is 2.53. The third-order valence-corrected chi connectivity index (χ3v) is 9.04. The maximum absolute atomic E-state index is 13.4. The molecule has 1 saturated carbocycles. The molecule has 2 heterocycles. The number of aliphatic carboxylic acids is 1. The van der Waals surface area contributed by atoms with Gasteiger partial charge in [-0.25, -0.2) is 14.6 Å². The van der Waals surface area contributed by atoms with Crippen LogP contribution >= 0.6 is 15.9 Å². The molecular weight excluding hydrogens is 548 g/mol. The van der Waals surface area contributed by atoms with E-state index in [4.69, 9.17) is 9.47 Å². The van der Waals surface area contributed by atoms with Crippen LogP contribution in [-0.4, -0.2) is 53.4 Å². The van der Waals surface area contributed by atoms with Gasteiger partial charge < -0.3 is 19.5 Å². The number of ether oxygens (including phenoxy) is 2. The molecule has 196 valence electrons. The Hall–Kier alpha value is -3.23. The second-order valence-electron chi connectivity index (χ2n) is 10.4. The molecule has 8 heteroatoms. The lowest BCUT2D eigenvalue weighted by Crippen LogP contribution is -2.61. The first-order valence-corrected chi connectivity index (χ1v) is 13.8. The van der Waals surface area contributed by atoms with Crippen LogP contribution in [0.1, 0.15) is 41.9 Å². The molecule has 1 saturated heterocycles. The number of piperidine rings is 1. The van der Waals surface area contributed by atoms with Crippen molar-refractivity contribution in [2.75, 3.05) is 26.3 Å². The summed E-state index contributed by atoms with van der Waals surface area (Å²) in [7, 11) is 0. The van der Waals surface area contributed by atoms with Crippen molar-refractivity contribution in [3.8, 4) is 11.1 Å². The van der Waals surface area contributed by atoms with E-state index in [1.807, 2.05) is 36.4 Å². The van der Waals surface area contributed by atoms with Gasteiger partial charge in [0.15, 0.2) is 0 Å². The van der Waals surface area contributed by atoms with E-state index < -0.39 is 18.2 Å². The number of rotatable bonds is 6. The third kappa shape index (κ3) is 4.20. The summed E-state index contributed by atoms with van der Waals surface area (Å²) in [6, 6.07) is 20.4. The molecular formula is C30H29BrN2O5. The zero-order valence-corrected chi connectivity index (χ0v) is 22.5. The van der Waals surface area contributed by atoms with Crippen molar-refractivity contribution in [2.24, 2.45) is 11.8 Å². The van der Waals surface area contributed by atoms with Gasteiger partial charge in [-0.3, -0.25) is 0 Å². The normalized spacial score (nSPS) is 24.0. The predicted octanol–water partition coefficient (Wildman–Crippen LogP) is 5.82. The van der Waals surface area contributed by atoms with Crippen molar-refractivity contribution in [2.45, 2.75) is 30.8 Å². The molecule has 6 rings (SSSR count). The minimum Gasteiger partial charge on any atom is -0.480 e. The Balaban J connectivity index is 1.23. The van der Waals surface area contributed by atoms with Crippen LogP contribution < -0.4 is 0 Å². The van der Waals surface area contributed by atoms with Crippen LogP contribution in [0.4, 0.5) is 4.79 Å². The number of likely N-dealkylation sites (tertiary alicyclic amines) is 1. The first-order valence-electron chi connectivity index (χ1n) is 13.1. The van der Waals surface area contributed by atoms with E-state index in [9.17, 15) is 14.7 Å². The molecule has 2 bridgehead atoms. The van der Waals surface area contributed by atoms with Crippen LogP contribution in [0.5, 0.6) is 0 Å². The minimum atomic E-state index is -1.01. The summed E-state index contributed by atoms with van der Waals surface area (Å²) < 4.78 is 12.9. The Labute approximate surface area is 229 Å². The van der Waals surface area contributed by atoms with Crippen molar-refractivity contribution in [1.29, 1.82) is 0 Å². The smallest absolute Gasteiger partial charge is 0.409 e. The highest BCUT2D eigenvalue weighted by molar-refractivity contribution is 9.10. The molecule has 3 aliphatic rings. The maximum Gasteiger partial charge on any atom is 0.409 e. The van der Waals surface area contributed by atoms with Gasteiger partial charge in [0.2, 0.25) is 0 Å². The Kier molecular flexibility index (Phi) is 6.70. The van der Waals surface area contributed by atoms with E-state index in [0.29, 0.717) is 17.7 Å². The Morgan fingerprint density at radius 2 is 1.61 bits per heavy atom. The molecule has 0 spiro atoms. The van der Waals surface area contributed by atoms with Crippen molar-refractivity contribution < 1.29 is 24.2 Å². The fourth-order valence-corrected chi connectivity index (χ4v) is 7.44. The second-order valence-corrected chi connectivity index (χ2v) is 11.1. The number of nitrogens with zero attached hydrogens (tertiary/aromatic N) is 2. The van der Waals surface area contributed by atoms with Crippen LogP contribution in [0.15, 0.2) is 71.5 Å². The SMILES string of the molecule is O=C(O)COC1(c2cccnc2Br)C2CCCC1CN(C(=O)OCC1c3ccccc3-c3ccccc31)C2. The maximum atomic E-state index is 13.4. The molecule has 1 aliphatic heterocycles. The molecule has 7 nitrogen and oxygen atoms in total. The summed E-state index contributed by atoms with van der Waals surface area (Å²) in [5.74, 6) is -1.16. The Morgan fingerprint density at radius 1 is 0.974 bits per heavy atom. The number of carbonyl (C=O) groups is 2. The average molecular weight is 577 g/mol. The quantitative estimate of drug-likeness (QED) is 0.372. The first kappa shape index (κ1) is 25.1. The second kappa shape index (κ2) is 10.2. The van der Waals surface area contributed by atoms with Gasteiger partial charge in [-0.1, -0.05) is 61.0 Å². The summed E-state index contributed by atoms with van der Waals surface area (Å²) in [5.41, 5.74) is 4.77. The zero-order chi connectivity index (χ0) is 26.3. The summed E-state index contributed by atoms with van der Waals surface area (Å²) in [4.78, 5) is 31.2. The van der Waals surface area contributed by atoms with Crippen molar-refractivity contribution in [3.05, 3.63) is 88.2 Å². The number of carbonyl (C=O) groups excluding carboxylic acids is 1. The monoisotopic (exact) mass is 576 g/mol. The lowest BCUT2D eigenvalue weighted by Gasteiger charge is -2.55. The standard InChI is InChI=1S/C30H29BrN2O5/c31-28-26(13-6-14-32-28)30(38-18-27(34)35)19-7-5-8-20(30)16-33(15-19)29(36)37-17-25-23-11-3-1-9-21(23)22-10-2-4-12-24(22)25/h1-4,6,9-14,19-20,25H,5,7-8,15-18H2,(H,34,35). The number of hydrogen-bond donors (Lipinski definition) is 1. The lowest BCUT2D eigenvalue weighted by atomic mass is 9.62. The molecule has 2 atom stereocenters. The van der Waals surface area contributed by atoms with E-state index in [2.05, 4.69) is 45.2 Å². The van der Waals surface area contributed by atoms with Gasteiger partial charge in [-0.2, -0.15) is 0 Å². The van der Waals surface area contributed by atoms with Gasteiger partial charge >= 0.3 is 12.1 Å². The topological polar surface area (TPSA) is 89.0 Å². The van der Waals surface area contributed by atoms with Crippen LogP contribution in [0.25, 0.3) is 11.1 Å². The number of hydrogen-bond acceptors (Lipinski definition) is 5. The molecule has 1 N–H and O–H groups in total. The molecule has 1 amide bonds. The Bertz CT molecular complexity index is 1320. The molecule has 2 aromatic carbocycles. The van der Waals surface area contributed by atoms with E-state index in [1.165, 1.54) is 22.3 Å². The largest absolute Gasteiger partial charge is 0.480 e. The number of amides is 1. The highest BCUT2D eigenvalue weighted by Gasteiger charge is 2.56. The van der Waals surface area contributed by atoms with Gasteiger partial charge in [0.1, 0.15) is 23.4 Å². The lowest BCUT2D eigenvalue weighted by molar-refractivity contribution is -0.192. The first-order chi connectivity index (χ1) is 18.5. The van der Waals surface area contributed by atoms with Crippen LogP contribution in [0, 0.1) is 11.8 Å². The molecule has 3 aromatic rings.